The normalized spacial score (nSPS) is 14.7. The Balaban J connectivity index is 2.58. The second kappa shape index (κ2) is 4.87. The summed E-state index contributed by atoms with van der Waals surface area (Å²) in [6.07, 6.45) is 0.00175. The average Bonchev–Trinajstić information content (AvgIpc) is 2.47. The fourth-order valence-electron chi connectivity index (χ4n) is 1.91. The maximum absolute atomic E-state index is 9.25. The summed E-state index contributed by atoms with van der Waals surface area (Å²) in [5.74, 6) is 0.403. The summed E-state index contributed by atoms with van der Waals surface area (Å²) in [4.78, 5) is 3.95. The molecule has 1 heterocycles. The van der Waals surface area contributed by atoms with Gasteiger partial charge in [-0.15, -0.1) is 0 Å². The van der Waals surface area contributed by atoms with E-state index >= 15 is 0 Å². The summed E-state index contributed by atoms with van der Waals surface area (Å²) in [5, 5.41) is 37.0. The van der Waals surface area contributed by atoms with Gasteiger partial charge in [0.2, 0.25) is 0 Å². The number of aliphatic hydroxyl groups is 4. The van der Waals surface area contributed by atoms with Crippen molar-refractivity contribution >= 4 is 11.9 Å². The van der Waals surface area contributed by atoms with Gasteiger partial charge in [-0.3, -0.25) is 0 Å². The smallest absolute Gasteiger partial charge is 0.178 e. The number of rotatable bonds is 2. The standard InChI is InChI=1S/C12H14N2O4/c13-10-5-7-4-9(12(17)18)8(11(15)16)3-6(7)1-2-14-10/h1-4,11-12,15-18H,5H2,(H2,13,14). The van der Waals surface area contributed by atoms with Gasteiger partial charge in [0.05, 0.1) is 0 Å². The molecular formula is C12H14N2O4. The van der Waals surface area contributed by atoms with Gasteiger partial charge in [0, 0.05) is 23.7 Å². The molecule has 0 aromatic heterocycles. The van der Waals surface area contributed by atoms with Crippen LogP contribution in [0.3, 0.4) is 0 Å². The topological polar surface area (TPSA) is 119 Å². The molecule has 6 nitrogen and oxygen atoms in total. The predicted molar refractivity (Wildman–Crippen MR) is 65.2 cm³/mol. The molecule has 0 saturated heterocycles. The Hall–Kier alpha value is -1.73. The van der Waals surface area contributed by atoms with Gasteiger partial charge in [-0.1, -0.05) is 0 Å². The molecule has 0 atom stereocenters. The molecule has 0 fully saturated rings. The number of nitrogens with zero attached hydrogens (tertiary/aromatic N) is 1. The van der Waals surface area contributed by atoms with Crippen LogP contribution in [0, 0.1) is 0 Å². The lowest BCUT2D eigenvalue weighted by atomic mass is 9.95. The second-order valence-electron chi connectivity index (χ2n) is 4.04. The van der Waals surface area contributed by atoms with Crippen LogP contribution in [0.1, 0.15) is 34.8 Å². The number of nitrogens with two attached hydrogens (primary N) is 1. The van der Waals surface area contributed by atoms with E-state index in [-0.39, 0.29) is 11.1 Å². The van der Waals surface area contributed by atoms with Crippen molar-refractivity contribution in [1.29, 1.82) is 0 Å². The molecule has 96 valence electrons. The molecule has 2 rings (SSSR count). The lowest BCUT2D eigenvalue weighted by Crippen LogP contribution is -2.15. The molecule has 6 N–H and O–H groups in total. The molecule has 1 aliphatic rings. The van der Waals surface area contributed by atoms with Crippen molar-refractivity contribution in [2.45, 2.75) is 19.0 Å². The Bertz CT molecular complexity index is 521. The number of hydrogen-bond donors (Lipinski definition) is 5. The van der Waals surface area contributed by atoms with Crippen LogP contribution in [0.4, 0.5) is 0 Å². The zero-order valence-corrected chi connectivity index (χ0v) is 9.48. The van der Waals surface area contributed by atoms with E-state index in [4.69, 9.17) is 5.73 Å². The highest BCUT2D eigenvalue weighted by atomic mass is 16.5. The third-order valence-corrected chi connectivity index (χ3v) is 2.77. The molecule has 1 aromatic carbocycles. The Morgan fingerprint density at radius 1 is 1.06 bits per heavy atom. The summed E-state index contributed by atoms with van der Waals surface area (Å²) in [6.45, 7) is 0. The zero-order valence-electron chi connectivity index (χ0n) is 9.48. The molecule has 1 aliphatic heterocycles. The van der Waals surface area contributed by atoms with E-state index in [1.165, 1.54) is 18.3 Å². The Labute approximate surface area is 103 Å². The van der Waals surface area contributed by atoms with Crippen LogP contribution in [0.2, 0.25) is 0 Å². The summed E-state index contributed by atoms with van der Waals surface area (Å²) >= 11 is 0. The van der Waals surface area contributed by atoms with Gasteiger partial charge < -0.3 is 26.2 Å². The molecule has 1 aromatic rings. The van der Waals surface area contributed by atoms with Crippen LogP contribution in [0.15, 0.2) is 23.3 Å². The first-order valence-corrected chi connectivity index (χ1v) is 5.36. The SMILES string of the molecule is NC1=NC=Cc2cc(C(O)O)c(C(O)O)cc2C1. The van der Waals surface area contributed by atoms with Gasteiger partial charge in [0.25, 0.3) is 0 Å². The van der Waals surface area contributed by atoms with Crippen LogP contribution in [-0.2, 0) is 6.42 Å². The van der Waals surface area contributed by atoms with E-state index < -0.39 is 12.6 Å². The number of aliphatic imine (C=N–C) groups is 1. The summed E-state index contributed by atoms with van der Waals surface area (Å²) in [6, 6.07) is 2.98. The Morgan fingerprint density at radius 3 is 2.28 bits per heavy atom. The monoisotopic (exact) mass is 250 g/mol. The maximum Gasteiger partial charge on any atom is 0.178 e. The van der Waals surface area contributed by atoms with Crippen molar-refractivity contribution < 1.29 is 20.4 Å². The van der Waals surface area contributed by atoms with E-state index in [0.29, 0.717) is 17.8 Å². The van der Waals surface area contributed by atoms with Gasteiger partial charge in [-0.2, -0.15) is 0 Å². The molecule has 0 saturated carbocycles. The minimum atomic E-state index is -1.78. The molecule has 0 amide bonds. The quantitative estimate of drug-likeness (QED) is 0.455. The van der Waals surface area contributed by atoms with Gasteiger partial charge in [-0.05, 0) is 29.3 Å². The van der Waals surface area contributed by atoms with Gasteiger partial charge >= 0.3 is 0 Å². The van der Waals surface area contributed by atoms with Crippen LogP contribution in [-0.4, -0.2) is 26.3 Å². The van der Waals surface area contributed by atoms with Gasteiger partial charge in [0.15, 0.2) is 12.6 Å². The third kappa shape index (κ3) is 2.41. The van der Waals surface area contributed by atoms with E-state index in [2.05, 4.69) is 4.99 Å². The summed E-state index contributed by atoms with van der Waals surface area (Å²) in [5.41, 5.74) is 7.21. The fourth-order valence-corrected chi connectivity index (χ4v) is 1.91. The zero-order chi connectivity index (χ0) is 13.3. The van der Waals surface area contributed by atoms with E-state index in [1.807, 2.05) is 0 Å². The molecule has 0 spiro atoms. The number of aliphatic hydroxyl groups excluding tert-OH is 2. The first kappa shape index (κ1) is 12.7. The van der Waals surface area contributed by atoms with Crippen molar-refractivity contribution in [3.63, 3.8) is 0 Å². The van der Waals surface area contributed by atoms with Crippen molar-refractivity contribution in [3.05, 3.63) is 40.6 Å². The van der Waals surface area contributed by atoms with Crippen LogP contribution in [0.5, 0.6) is 0 Å². The maximum atomic E-state index is 9.25. The van der Waals surface area contributed by atoms with E-state index in [9.17, 15) is 20.4 Å². The fraction of sp³-hybridized carbons (Fsp3) is 0.250. The predicted octanol–water partition coefficient (Wildman–Crippen LogP) is -0.463. The first-order valence-electron chi connectivity index (χ1n) is 5.36. The molecule has 0 aliphatic carbocycles. The molecule has 0 unspecified atom stereocenters. The van der Waals surface area contributed by atoms with Crippen molar-refractivity contribution in [3.8, 4) is 0 Å². The van der Waals surface area contributed by atoms with E-state index in [1.54, 1.807) is 6.08 Å². The average molecular weight is 250 g/mol. The molecule has 0 radical (unpaired) electrons. The Kier molecular flexibility index (Phi) is 3.44. The van der Waals surface area contributed by atoms with Gasteiger partial charge in [-0.25, -0.2) is 4.99 Å². The third-order valence-electron chi connectivity index (χ3n) is 2.77. The number of benzene rings is 1. The van der Waals surface area contributed by atoms with Crippen molar-refractivity contribution in [2.24, 2.45) is 10.7 Å². The minimum absolute atomic E-state index is 0.0480. The lowest BCUT2D eigenvalue weighted by Gasteiger charge is -2.16. The largest absolute Gasteiger partial charge is 0.387 e. The Morgan fingerprint density at radius 2 is 1.67 bits per heavy atom. The number of hydrogen-bond acceptors (Lipinski definition) is 6. The molecular weight excluding hydrogens is 236 g/mol. The summed E-state index contributed by atoms with van der Waals surface area (Å²) in [7, 11) is 0. The van der Waals surface area contributed by atoms with E-state index in [0.717, 1.165) is 5.56 Å². The highest BCUT2D eigenvalue weighted by molar-refractivity contribution is 5.86. The van der Waals surface area contributed by atoms with Crippen LogP contribution < -0.4 is 5.73 Å². The first-order chi connectivity index (χ1) is 8.49. The highest BCUT2D eigenvalue weighted by Crippen LogP contribution is 2.27. The number of fused-ring (bicyclic) bond motifs is 1. The van der Waals surface area contributed by atoms with Gasteiger partial charge in [0.1, 0.15) is 5.84 Å². The second-order valence-corrected chi connectivity index (χ2v) is 4.04. The lowest BCUT2D eigenvalue weighted by molar-refractivity contribution is -0.0635. The van der Waals surface area contributed by atoms with Crippen molar-refractivity contribution in [2.75, 3.05) is 0 Å². The molecule has 0 bridgehead atoms. The van der Waals surface area contributed by atoms with Crippen LogP contribution >= 0.6 is 0 Å². The van der Waals surface area contributed by atoms with Crippen LogP contribution in [0.25, 0.3) is 6.08 Å². The molecule has 18 heavy (non-hydrogen) atoms. The summed E-state index contributed by atoms with van der Waals surface area (Å²) < 4.78 is 0. The molecule has 6 heteroatoms. The highest BCUT2D eigenvalue weighted by Gasteiger charge is 2.18. The number of amidine groups is 1. The van der Waals surface area contributed by atoms with Crippen molar-refractivity contribution in [1.82, 2.24) is 0 Å². The minimum Gasteiger partial charge on any atom is -0.387 e.